The van der Waals surface area contributed by atoms with Gasteiger partial charge in [0, 0.05) is 31.2 Å². The van der Waals surface area contributed by atoms with Crippen LogP contribution in [0.1, 0.15) is 38.5 Å². The van der Waals surface area contributed by atoms with E-state index in [0.717, 1.165) is 30.8 Å². The molecule has 2 N–H and O–H groups in total. The zero-order valence-corrected chi connectivity index (χ0v) is 11.5. The summed E-state index contributed by atoms with van der Waals surface area (Å²) in [4.78, 5) is 14.2. The minimum Gasteiger partial charge on any atom is -0.396 e. The number of hydrogen-bond donors (Lipinski definition) is 2. The van der Waals surface area contributed by atoms with Crippen molar-refractivity contribution in [2.75, 3.05) is 19.7 Å². The number of nitrogens with one attached hydrogen (secondary N) is 1. The van der Waals surface area contributed by atoms with Crippen LogP contribution in [0.3, 0.4) is 0 Å². The number of urea groups is 1. The predicted molar refractivity (Wildman–Crippen MR) is 71.6 cm³/mol. The van der Waals surface area contributed by atoms with Gasteiger partial charge in [-0.25, -0.2) is 4.79 Å². The number of hydrogen-bond acceptors (Lipinski definition) is 2. The zero-order valence-electron chi connectivity index (χ0n) is 11.5. The van der Waals surface area contributed by atoms with E-state index < -0.39 is 0 Å². The second-order valence-corrected chi connectivity index (χ2v) is 7.58. The van der Waals surface area contributed by atoms with Crippen LogP contribution in [0.2, 0.25) is 0 Å². The van der Waals surface area contributed by atoms with Crippen molar-refractivity contribution in [2.24, 2.45) is 23.7 Å². The molecular weight excluding hydrogens is 240 g/mol. The summed E-state index contributed by atoms with van der Waals surface area (Å²) >= 11 is 0. The van der Waals surface area contributed by atoms with Crippen LogP contribution < -0.4 is 5.32 Å². The Morgan fingerprint density at radius 1 is 1.11 bits per heavy atom. The maximum absolute atomic E-state index is 12.3. The lowest BCUT2D eigenvalue weighted by atomic mass is 9.53. The van der Waals surface area contributed by atoms with Gasteiger partial charge in [-0.3, -0.25) is 0 Å². The van der Waals surface area contributed by atoms with Gasteiger partial charge in [0.15, 0.2) is 0 Å². The van der Waals surface area contributed by atoms with E-state index in [9.17, 15) is 4.79 Å². The largest absolute Gasteiger partial charge is 0.396 e. The highest BCUT2D eigenvalue weighted by molar-refractivity contribution is 5.76. The summed E-state index contributed by atoms with van der Waals surface area (Å²) in [6.45, 7) is 1.67. The topological polar surface area (TPSA) is 52.6 Å². The molecule has 2 amide bonds. The first kappa shape index (κ1) is 12.0. The van der Waals surface area contributed by atoms with Crippen molar-refractivity contribution < 1.29 is 9.90 Å². The Balaban J connectivity index is 1.41. The molecule has 0 atom stereocenters. The van der Waals surface area contributed by atoms with Crippen molar-refractivity contribution >= 4 is 6.03 Å². The molecule has 0 aromatic heterocycles. The number of carbonyl (C=O) groups excluding carboxylic acids is 1. The fourth-order valence-electron chi connectivity index (χ4n) is 5.42. The van der Waals surface area contributed by atoms with Gasteiger partial charge in [-0.2, -0.15) is 0 Å². The van der Waals surface area contributed by atoms with Crippen LogP contribution in [0.15, 0.2) is 0 Å². The molecule has 1 heterocycles. The van der Waals surface area contributed by atoms with E-state index in [0.29, 0.717) is 5.92 Å². The molecular formula is C15H24N2O2. The number of carbonyl (C=O) groups is 1. The first-order valence-electron chi connectivity index (χ1n) is 7.84. The molecule has 5 aliphatic rings. The summed E-state index contributed by atoms with van der Waals surface area (Å²) in [6, 6.07) is 0.117. The summed E-state index contributed by atoms with van der Waals surface area (Å²) in [5.41, 5.74) is 0.121. The Bertz CT molecular complexity index is 354. The molecule has 4 saturated carbocycles. The van der Waals surface area contributed by atoms with Gasteiger partial charge in [-0.15, -0.1) is 0 Å². The molecule has 4 bridgehead atoms. The average Bonchev–Trinajstić information content (AvgIpc) is 2.24. The van der Waals surface area contributed by atoms with E-state index in [2.05, 4.69) is 5.32 Å². The molecule has 5 fully saturated rings. The van der Waals surface area contributed by atoms with Gasteiger partial charge < -0.3 is 15.3 Å². The van der Waals surface area contributed by atoms with Gasteiger partial charge in [-0.05, 0) is 56.3 Å². The molecule has 4 nitrogen and oxygen atoms in total. The molecule has 0 aromatic carbocycles. The van der Waals surface area contributed by atoms with Crippen LogP contribution >= 0.6 is 0 Å². The Hall–Kier alpha value is -0.770. The second kappa shape index (κ2) is 4.11. The van der Waals surface area contributed by atoms with Crippen LogP contribution in [0, 0.1) is 23.7 Å². The molecule has 1 saturated heterocycles. The summed E-state index contributed by atoms with van der Waals surface area (Å²) in [5, 5.41) is 12.4. The lowest BCUT2D eigenvalue weighted by Gasteiger charge is -2.57. The van der Waals surface area contributed by atoms with Crippen molar-refractivity contribution in [1.29, 1.82) is 0 Å². The van der Waals surface area contributed by atoms with E-state index in [1.54, 1.807) is 0 Å². The van der Waals surface area contributed by atoms with Gasteiger partial charge in [-0.1, -0.05) is 0 Å². The lowest BCUT2D eigenvalue weighted by molar-refractivity contribution is -0.0191. The Labute approximate surface area is 114 Å². The molecule has 4 heteroatoms. The van der Waals surface area contributed by atoms with E-state index in [1.807, 2.05) is 4.90 Å². The molecule has 19 heavy (non-hydrogen) atoms. The quantitative estimate of drug-likeness (QED) is 0.796. The van der Waals surface area contributed by atoms with Crippen LogP contribution in [0.25, 0.3) is 0 Å². The highest BCUT2D eigenvalue weighted by Crippen LogP contribution is 2.55. The number of likely N-dealkylation sites (tertiary alicyclic amines) is 1. The van der Waals surface area contributed by atoms with Crippen molar-refractivity contribution in [2.45, 2.75) is 44.1 Å². The Kier molecular flexibility index (Phi) is 2.60. The number of rotatable bonds is 2. The maximum atomic E-state index is 12.3. The number of aliphatic hydroxyl groups excluding tert-OH is 1. The van der Waals surface area contributed by atoms with Crippen LogP contribution in [0.4, 0.5) is 4.79 Å². The van der Waals surface area contributed by atoms with Crippen molar-refractivity contribution in [3.63, 3.8) is 0 Å². The number of nitrogens with zero attached hydrogens (tertiary/aromatic N) is 1. The molecule has 5 rings (SSSR count). The fraction of sp³-hybridized carbons (Fsp3) is 0.933. The van der Waals surface area contributed by atoms with Gasteiger partial charge in [0.2, 0.25) is 0 Å². The molecule has 0 spiro atoms. The van der Waals surface area contributed by atoms with Crippen molar-refractivity contribution in [3.05, 3.63) is 0 Å². The molecule has 0 radical (unpaired) electrons. The molecule has 0 aromatic rings. The van der Waals surface area contributed by atoms with Crippen LogP contribution in [-0.2, 0) is 0 Å². The third-order valence-electron chi connectivity index (χ3n) is 5.91. The first-order valence-corrected chi connectivity index (χ1v) is 7.84. The highest BCUT2D eigenvalue weighted by Gasteiger charge is 2.52. The van der Waals surface area contributed by atoms with E-state index in [4.69, 9.17) is 5.11 Å². The van der Waals surface area contributed by atoms with Crippen LogP contribution in [0.5, 0.6) is 0 Å². The van der Waals surface area contributed by atoms with Gasteiger partial charge in [0.25, 0.3) is 0 Å². The van der Waals surface area contributed by atoms with Gasteiger partial charge in [0.1, 0.15) is 0 Å². The number of amides is 2. The van der Waals surface area contributed by atoms with Gasteiger partial charge in [0.05, 0.1) is 0 Å². The average molecular weight is 264 g/mol. The SMILES string of the molecule is O=C(NC12CC3CC(CC(C3)C1)C2)N1CC(CO)C1. The van der Waals surface area contributed by atoms with Crippen molar-refractivity contribution in [1.82, 2.24) is 10.2 Å². The predicted octanol–water partition coefficient (Wildman–Crippen LogP) is 1.59. The summed E-state index contributed by atoms with van der Waals surface area (Å²) in [7, 11) is 0. The lowest BCUT2D eigenvalue weighted by Crippen LogP contribution is -2.64. The Morgan fingerprint density at radius 3 is 2.11 bits per heavy atom. The molecule has 106 valence electrons. The standard InChI is InChI=1S/C15H24N2O2/c18-9-13-7-17(8-13)14(19)16-15-4-10-1-11(5-15)3-12(2-10)6-15/h10-13,18H,1-9H2,(H,16,19). The second-order valence-electron chi connectivity index (χ2n) is 7.58. The normalized spacial score (nSPS) is 44.3. The fourth-order valence-corrected chi connectivity index (χ4v) is 5.42. The zero-order chi connectivity index (χ0) is 13.0. The van der Waals surface area contributed by atoms with E-state index in [-0.39, 0.29) is 18.2 Å². The molecule has 0 unspecified atom stereocenters. The van der Waals surface area contributed by atoms with E-state index >= 15 is 0 Å². The monoisotopic (exact) mass is 264 g/mol. The third-order valence-corrected chi connectivity index (χ3v) is 5.91. The first-order chi connectivity index (χ1) is 9.16. The third kappa shape index (κ3) is 1.95. The van der Waals surface area contributed by atoms with Gasteiger partial charge >= 0.3 is 6.03 Å². The number of aliphatic hydroxyl groups is 1. The smallest absolute Gasteiger partial charge is 0.317 e. The summed E-state index contributed by atoms with van der Waals surface area (Å²) in [5.74, 6) is 2.91. The molecule has 1 aliphatic heterocycles. The van der Waals surface area contributed by atoms with Crippen LogP contribution in [-0.4, -0.2) is 41.3 Å². The van der Waals surface area contributed by atoms with Crippen molar-refractivity contribution in [3.8, 4) is 0 Å². The van der Waals surface area contributed by atoms with E-state index in [1.165, 1.54) is 38.5 Å². The minimum atomic E-state index is 0.117. The maximum Gasteiger partial charge on any atom is 0.317 e. The molecule has 4 aliphatic carbocycles. The minimum absolute atomic E-state index is 0.117. The summed E-state index contributed by atoms with van der Waals surface area (Å²) in [6.07, 6.45) is 7.86. The summed E-state index contributed by atoms with van der Waals surface area (Å²) < 4.78 is 0. The highest BCUT2D eigenvalue weighted by atomic mass is 16.3. The Morgan fingerprint density at radius 2 is 1.63 bits per heavy atom.